The average Bonchev–Trinajstić information content (AvgIpc) is 3.85. The first-order valence-corrected chi connectivity index (χ1v) is 15.3. The number of hydrogen-bond donors (Lipinski definition) is 1. The summed E-state index contributed by atoms with van der Waals surface area (Å²) in [6.07, 6.45) is 2.78. The third-order valence-electron chi connectivity index (χ3n) is 7.77. The molecule has 236 valence electrons. The number of nitrogens with zero attached hydrogens (tertiary/aromatic N) is 3. The topological polar surface area (TPSA) is 110 Å². The second-order valence-corrected chi connectivity index (χ2v) is 11.6. The van der Waals surface area contributed by atoms with Gasteiger partial charge in [0.1, 0.15) is 24.7 Å². The Balaban J connectivity index is 1.23. The van der Waals surface area contributed by atoms with E-state index in [2.05, 4.69) is 10.3 Å². The molecule has 1 saturated carbocycles. The van der Waals surface area contributed by atoms with Crippen LogP contribution >= 0.6 is 0 Å². The molecule has 1 aliphatic heterocycles. The van der Waals surface area contributed by atoms with Crippen LogP contribution in [0.1, 0.15) is 47.9 Å². The van der Waals surface area contributed by atoms with Gasteiger partial charge in [-0.15, -0.1) is 0 Å². The standard InChI is InChI=1S/C35H40N4O6/c1-24-9-7-10-25(2)33(24)45-32(41)22-39-21-28-19-29(43-18-8-13-31(40)38(3)20-26-14-15-26)16-17-30(28)36-34(39)37-35(42)44-23-27-11-5-4-6-12-27/h4-7,9-12,16-17,19,26H,8,13-15,18,20-23H2,1-3H3,(H,36,37,42). The number of aliphatic imine (C=N–C) groups is 1. The molecule has 0 spiro atoms. The Labute approximate surface area is 264 Å². The van der Waals surface area contributed by atoms with Crippen molar-refractivity contribution in [2.24, 2.45) is 10.9 Å². The fraction of sp³-hybridized carbons (Fsp3) is 0.371. The lowest BCUT2D eigenvalue weighted by atomic mass is 10.1. The zero-order valence-corrected chi connectivity index (χ0v) is 26.1. The molecule has 10 heteroatoms. The van der Waals surface area contributed by atoms with E-state index >= 15 is 0 Å². The van der Waals surface area contributed by atoms with Crippen LogP contribution in [0.5, 0.6) is 11.5 Å². The van der Waals surface area contributed by atoms with E-state index in [0.29, 0.717) is 42.6 Å². The second-order valence-electron chi connectivity index (χ2n) is 11.6. The number of carbonyl (C=O) groups excluding carboxylic acids is 3. The molecule has 10 nitrogen and oxygen atoms in total. The first-order chi connectivity index (χ1) is 21.7. The molecule has 0 radical (unpaired) electrons. The largest absolute Gasteiger partial charge is 0.494 e. The zero-order chi connectivity index (χ0) is 31.8. The quantitative estimate of drug-likeness (QED) is 0.160. The number of nitrogens with one attached hydrogen (secondary N) is 1. The van der Waals surface area contributed by atoms with Crippen molar-refractivity contribution in [3.63, 3.8) is 0 Å². The van der Waals surface area contributed by atoms with E-state index in [1.165, 1.54) is 12.8 Å². The number of benzene rings is 3. The number of aryl methyl sites for hydroxylation is 2. The summed E-state index contributed by atoms with van der Waals surface area (Å²) in [5.74, 6) is 1.64. The predicted molar refractivity (Wildman–Crippen MR) is 170 cm³/mol. The Morgan fingerprint density at radius 2 is 1.76 bits per heavy atom. The lowest BCUT2D eigenvalue weighted by Gasteiger charge is -2.29. The van der Waals surface area contributed by atoms with Crippen LogP contribution in [0, 0.1) is 19.8 Å². The maximum Gasteiger partial charge on any atom is 0.414 e. The molecule has 0 saturated heterocycles. The number of para-hydroxylation sites is 1. The van der Waals surface area contributed by atoms with Gasteiger partial charge in [-0.25, -0.2) is 14.6 Å². The van der Waals surface area contributed by atoms with Gasteiger partial charge in [-0.05, 0) is 73.9 Å². The van der Waals surface area contributed by atoms with Crippen LogP contribution in [-0.4, -0.2) is 60.5 Å². The molecule has 1 heterocycles. The molecule has 5 rings (SSSR count). The normalized spacial score (nSPS) is 13.8. The average molecular weight is 613 g/mol. The fourth-order valence-electron chi connectivity index (χ4n) is 5.10. The van der Waals surface area contributed by atoms with Gasteiger partial charge in [-0.1, -0.05) is 48.5 Å². The van der Waals surface area contributed by atoms with Gasteiger partial charge >= 0.3 is 12.1 Å². The third-order valence-corrected chi connectivity index (χ3v) is 7.77. The highest BCUT2D eigenvalue weighted by molar-refractivity contribution is 5.97. The van der Waals surface area contributed by atoms with Gasteiger partial charge in [-0.2, -0.15) is 0 Å². The monoisotopic (exact) mass is 612 g/mol. The number of guanidine groups is 1. The minimum absolute atomic E-state index is 0.0915. The molecular formula is C35H40N4O6. The van der Waals surface area contributed by atoms with Gasteiger partial charge in [-0.3, -0.25) is 10.1 Å². The first-order valence-electron chi connectivity index (χ1n) is 15.3. The lowest BCUT2D eigenvalue weighted by molar-refractivity contribution is -0.135. The Morgan fingerprint density at radius 3 is 2.49 bits per heavy atom. The van der Waals surface area contributed by atoms with Gasteiger partial charge in [0, 0.05) is 32.1 Å². The number of hydrogen-bond acceptors (Lipinski definition) is 8. The Bertz CT molecular complexity index is 1530. The molecule has 0 atom stereocenters. The summed E-state index contributed by atoms with van der Waals surface area (Å²) in [4.78, 5) is 46.4. The van der Waals surface area contributed by atoms with Crippen molar-refractivity contribution in [3.05, 3.63) is 89.0 Å². The highest BCUT2D eigenvalue weighted by Crippen LogP contribution is 2.31. The number of rotatable bonds is 12. The van der Waals surface area contributed by atoms with Gasteiger partial charge in [0.05, 0.1) is 12.3 Å². The molecule has 2 aliphatic rings. The number of fused-ring (bicyclic) bond motifs is 1. The number of alkyl carbamates (subject to hydrolysis) is 1. The van der Waals surface area contributed by atoms with Gasteiger partial charge < -0.3 is 24.0 Å². The summed E-state index contributed by atoms with van der Waals surface area (Å²) in [6, 6.07) is 20.5. The number of carbonyl (C=O) groups is 3. The minimum atomic E-state index is -0.688. The SMILES string of the molecule is Cc1cccc(C)c1OC(=O)CN1Cc2cc(OCCCC(=O)N(C)CC3CC3)ccc2N=C1NC(=O)OCc1ccccc1. The van der Waals surface area contributed by atoms with Crippen molar-refractivity contribution < 1.29 is 28.6 Å². The van der Waals surface area contributed by atoms with Gasteiger partial charge in [0.25, 0.3) is 0 Å². The number of amides is 2. The van der Waals surface area contributed by atoms with E-state index in [4.69, 9.17) is 14.2 Å². The molecule has 45 heavy (non-hydrogen) atoms. The smallest absolute Gasteiger partial charge is 0.414 e. The Hall–Kier alpha value is -4.86. The summed E-state index contributed by atoms with van der Waals surface area (Å²) >= 11 is 0. The maximum atomic E-state index is 13.1. The molecule has 0 bridgehead atoms. The van der Waals surface area contributed by atoms with Gasteiger partial charge in [0.15, 0.2) is 0 Å². The number of esters is 1. The van der Waals surface area contributed by atoms with Crippen LogP contribution in [0.2, 0.25) is 0 Å². The molecule has 0 unspecified atom stereocenters. The summed E-state index contributed by atoms with van der Waals surface area (Å²) in [7, 11) is 1.86. The van der Waals surface area contributed by atoms with E-state index < -0.39 is 12.1 Å². The van der Waals surface area contributed by atoms with Crippen molar-refractivity contribution in [2.75, 3.05) is 26.7 Å². The van der Waals surface area contributed by atoms with Gasteiger partial charge in [0.2, 0.25) is 11.9 Å². The Morgan fingerprint density at radius 1 is 1.00 bits per heavy atom. The van der Waals surface area contributed by atoms with E-state index in [9.17, 15) is 14.4 Å². The summed E-state index contributed by atoms with van der Waals surface area (Å²) < 4.78 is 17.1. The van der Waals surface area contributed by atoms with Crippen molar-refractivity contribution in [3.8, 4) is 11.5 Å². The van der Waals surface area contributed by atoms with E-state index in [0.717, 1.165) is 28.8 Å². The fourth-order valence-corrected chi connectivity index (χ4v) is 5.10. The molecule has 3 aromatic carbocycles. The third kappa shape index (κ3) is 9.07. The lowest BCUT2D eigenvalue weighted by Crippen LogP contribution is -2.47. The molecule has 3 aromatic rings. The molecule has 1 fully saturated rings. The highest BCUT2D eigenvalue weighted by Gasteiger charge is 2.26. The zero-order valence-electron chi connectivity index (χ0n) is 26.1. The predicted octanol–water partition coefficient (Wildman–Crippen LogP) is 5.67. The van der Waals surface area contributed by atoms with Crippen LogP contribution < -0.4 is 14.8 Å². The summed E-state index contributed by atoms with van der Waals surface area (Å²) in [5, 5.41) is 2.70. The van der Waals surface area contributed by atoms with Crippen LogP contribution in [0.3, 0.4) is 0 Å². The highest BCUT2D eigenvalue weighted by atomic mass is 16.5. The molecule has 1 aliphatic carbocycles. The van der Waals surface area contributed by atoms with Crippen LogP contribution in [0.4, 0.5) is 10.5 Å². The minimum Gasteiger partial charge on any atom is -0.494 e. The number of ether oxygens (including phenoxy) is 3. The van der Waals surface area contributed by atoms with E-state index in [1.807, 2.05) is 86.5 Å². The van der Waals surface area contributed by atoms with Crippen LogP contribution in [0.15, 0.2) is 71.7 Å². The molecule has 2 amide bonds. The molecule has 1 N–H and O–H groups in total. The van der Waals surface area contributed by atoms with Crippen molar-refractivity contribution >= 4 is 29.6 Å². The molecular weight excluding hydrogens is 572 g/mol. The van der Waals surface area contributed by atoms with E-state index in [-0.39, 0.29) is 31.6 Å². The molecule has 0 aromatic heterocycles. The maximum absolute atomic E-state index is 13.1. The van der Waals surface area contributed by atoms with E-state index in [1.54, 1.807) is 11.0 Å². The second kappa shape index (κ2) is 14.7. The van der Waals surface area contributed by atoms with Crippen LogP contribution in [0.25, 0.3) is 0 Å². The van der Waals surface area contributed by atoms with Crippen molar-refractivity contribution in [1.82, 2.24) is 15.1 Å². The first kappa shape index (κ1) is 31.6. The summed E-state index contributed by atoms with van der Waals surface area (Å²) in [5.41, 5.74) is 4.00. The Kier molecular flexibility index (Phi) is 10.3. The van der Waals surface area contributed by atoms with Crippen LogP contribution in [-0.2, 0) is 27.5 Å². The summed E-state index contributed by atoms with van der Waals surface area (Å²) in [6.45, 7) is 5.21. The van der Waals surface area contributed by atoms with Crippen molar-refractivity contribution in [1.29, 1.82) is 0 Å². The van der Waals surface area contributed by atoms with Crippen molar-refractivity contribution in [2.45, 2.75) is 52.7 Å².